The van der Waals surface area contributed by atoms with Crippen molar-refractivity contribution in [1.82, 2.24) is 0 Å². The summed E-state index contributed by atoms with van der Waals surface area (Å²) in [6.07, 6.45) is 97.9. The third-order valence-electron chi connectivity index (χ3n) is 18.3. The highest BCUT2D eigenvalue weighted by Gasteiger charge is 2.30. The van der Waals surface area contributed by atoms with E-state index in [1.54, 1.807) is 0 Å². The molecule has 19 heteroatoms. The number of hydrogen-bond acceptors (Lipinski definition) is 15. The molecule has 5 unspecified atom stereocenters. The lowest BCUT2D eigenvalue weighted by molar-refractivity contribution is -0.161. The molecule has 0 saturated heterocycles. The standard InChI is InChI=1S/C93H158O17P2/c1-5-9-13-17-21-25-29-33-37-40-43-46-50-53-57-61-65-69-73-77-90(95)103-83-88(109-92(97)79-75-71-67-63-59-55-49-36-32-28-24-20-16-12-8-4)85-107-111(99,100)105-81-87(94)82-106-112(101,102)108-86-89(110-93(98)80-76-72-68-64-60-56-52-48-45-42-39-35-31-27-23-19-15-11-7-3)84-104-91(96)78-74-70-66-62-58-54-51-47-44-41-38-34-30-26-22-18-14-10-6-2/h9-11,13-15,21-23,25-27,33-35,37-39,43-48,87-89,94H,5-8,12,16-20,24,28-32,36,40-42,49-86H2,1-4H3,(H,99,100)(H,101,102)/b13-9-,14-10-,15-11-,25-21-,26-22-,27-23-,37-33-,38-34-,39-35-,46-43-,47-44-,48-45-. The van der Waals surface area contributed by atoms with Gasteiger partial charge in [0, 0.05) is 25.7 Å². The molecule has 17 nitrogen and oxygen atoms in total. The Morgan fingerprint density at radius 3 is 0.714 bits per heavy atom. The second kappa shape index (κ2) is 83.9. The van der Waals surface area contributed by atoms with Crippen LogP contribution in [-0.2, 0) is 65.4 Å². The molecule has 0 heterocycles. The fraction of sp³-hybridized carbons (Fsp3) is 0.699. The summed E-state index contributed by atoms with van der Waals surface area (Å²) < 4.78 is 68.9. The van der Waals surface area contributed by atoms with Gasteiger partial charge in [0.1, 0.15) is 19.3 Å². The van der Waals surface area contributed by atoms with Crippen molar-refractivity contribution in [2.45, 2.75) is 380 Å². The Hall–Kier alpha value is -5.06. The van der Waals surface area contributed by atoms with Crippen LogP contribution in [0.5, 0.6) is 0 Å². The van der Waals surface area contributed by atoms with E-state index in [2.05, 4.69) is 174 Å². The highest BCUT2D eigenvalue weighted by Crippen LogP contribution is 2.45. The zero-order valence-electron chi connectivity index (χ0n) is 70.6. The molecule has 0 aliphatic carbocycles. The van der Waals surface area contributed by atoms with Gasteiger partial charge in [-0.1, -0.05) is 340 Å². The summed E-state index contributed by atoms with van der Waals surface area (Å²) >= 11 is 0. The number of esters is 4. The van der Waals surface area contributed by atoms with Crippen LogP contribution >= 0.6 is 15.6 Å². The molecule has 0 aliphatic heterocycles. The summed E-state index contributed by atoms with van der Waals surface area (Å²) in [6, 6.07) is 0. The minimum atomic E-state index is -5.00. The number of allylic oxidation sites excluding steroid dienone is 24. The first kappa shape index (κ1) is 107. The number of carbonyl (C=O) groups excluding carboxylic acids is 4. The topological polar surface area (TPSA) is 237 Å². The number of carbonyl (C=O) groups is 4. The van der Waals surface area contributed by atoms with Gasteiger partial charge < -0.3 is 33.8 Å². The second-order valence-electron chi connectivity index (χ2n) is 29.0. The van der Waals surface area contributed by atoms with Crippen LogP contribution in [-0.4, -0.2) is 96.7 Å². The predicted molar refractivity (Wildman–Crippen MR) is 464 cm³/mol. The van der Waals surface area contributed by atoms with Crippen LogP contribution in [0.1, 0.15) is 362 Å². The van der Waals surface area contributed by atoms with E-state index in [1.165, 1.54) is 64.2 Å². The van der Waals surface area contributed by atoms with Gasteiger partial charge in [0.2, 0.25) is 0 Å². The van der Waals surface area contributed by atoms with Crippen LogP contribution in [0.4, 0.5) is 0 Å². The molecule has 0 spiro atoms. The quantitative estimate of drug-likeness (QED) is 0.0169. The minimum absolute atomic E-state index is 0.0719. The van der Waals surface area contributed by atoms with E-state index < -0.39 is 97.5 Å². The van der Waals surface area contributed by atoms with Gasteiger partial charge in [-0.25, -0.2) is 9.13 Å². The lowest BCUT2D eigenvalue weighted by Gasteiger charge is -2.21. The SMILES string of the molecule is CC/C=C\C/C=C\C/C=C\C/C=C\CCCCCCCCC(=O)OCC(COP(=O)(O)OCC(O)COP(=O)(O)OCC(COC(=O)CCCCCCCC/C=C\C/C=C\C/C=C\C/C=C\CC)OC(=O)CCCCCCCCCCCCCCCCC)OC(=O)CCCCCCCC/C=C\C/C=C\C/C=C\C/C=C\CC. The number of aliphatic hydroxyl groups excluding tert-OH is 1. The summed E-state index contributed by atoms with van der Waals surface area (Å²) in [5.41, 5.74) is 0. The number of rotatable bonds is 82. The molecule has 0 aromatic rings. The van der Waals surface area contributed by atoms with E-state index >= 15 is 0 Å². The molecule has 0 amide bonds. The molecule has 0 aromatic heterocycles. The molecule has 0 aliphatic rings. The maximum Gasteiger partial charge on any atom is 0.472 e. The van der Waals surface area contributed by atoms with Crippen LogP contribution in [0.15, 0.2) is 146 Å². The molecule has 0 saturated carbocycles. The van der Waals surface area contributed by atoms with Crippen LogP contribution in [0.2, 0.25) is 0 Å². The summed E-state index contributed by atoms with van der Waals surface area (Å²) in [5.74, 6) is -2.21. The van der Waals surface area contributed by atoms with Crippen molar-refractivity contribution in [1.29, 1.82) is 0 Å². The highest BCUT2D eigenvalue weighted by atomic mass is 31.2. The van der Waals surface area contributed by atoms with Gasteiger partial charge in [-0.15, -0.1) is 0 Å². The van der Waals surface area contributed by atoms with Gasteiger partial charge in [0.25, 0.3) is 0 Å². The summed E-state index contributed by atoms with van der Waals surface area (Å²) in [4.78, 5) is 73.4. The van der Waals surface area contributed by atoms with E-state index in [0.29, 0.717) is 25.7 Å². The molecule has 0 bridgehead atoms. The smallest absolute Gasteiger partial charge is 0.462 e. The average Bonchev–Trinajstić information content (AvgIpc) is 0.898. The fourth-order valence-electron chi connectivity index (χ4n) is 11.7. The van der Waals surface area contributed by atoms with Gasteiger partial charge in [-0.05, 0) is 141 Å². The number of aliphatic hydroxyl groups is 1. The second-order valence-corrected chi connectivity index (χ2v) is 32.0. The first-order chi connectivity index (χ1) is 54.7. The molecule has 0 rings (SSSR count). The van der Waals surface area contributed by atoms with Crippen molar-refractivity contribution in [2.24, 2.45) is 0 Å². The van der Waals surface area contributed by atoms with Crippen LogP contribution < -0.4 is 0 Å². The number of ether oxygens (including phenoxy) is 4. The Morgan fingerprint density at radius 2 is 0.464 bits per heavy atom. The normalized spacial score (nSPS) is 14.5. The lowest BCUT2D eigenvalue weighted by Crippen LogP contribution is -2.30. The first-order valence-electron chi connectivity index (χ1n) is 44.1. The van der Waals surface area contributed by atoms with E-state index in [0.717, 1.165) is 218 Å². The van der Waals surface area contributed by atoms with Crippen LogP contribution in [0, 0.1) is 0 Å². The van der Waals surface area contributed by atoms with E-state index in [1.807, 2.05) is 0 Å². The first-order valence-corrected chi connectivity index (χ1v) is 47.1. The Labute approximate surface area is 681 Å². The zero-order valence-corrected chi connectivity index (χ0v) is 72.3. The highest BCUT2D eigenvalue weighted by molar-refractivity contribution is 7.47. The third-order valence-corrected chi connectivity index (χ3v) is 20.2. The Bertz CT molecular complexity index is 2690. The summed E-state index contributed by atoms with van der Waals surface area (Å²) in [7, 11) is -9.99. The minimum Gasteiger partial charge on any atom is -0.462 e. The Balaban J connectivity index is 5.41. The molecule has 0 fully saturated rings. The molecular formula is C93H158O17P2. The third kappa shape index (κ3) is 82.9. The zero-order chi connectivity index (χ0) is 81.7. The monoisotopic (exact) mass is 1610 g/mol. The van der Waals surface area contributed by atoms with Gasteiger partial charge in [-0.3, -0.25) is 37.3 Å². The lowest BCUT2D eigenvalue weighted by atomic mass is 10.0. The average molecular weight is 1610 g/mol. The summed E-state index contributed by atoms with van der Waals surface area (Å²) in [6.45, 7) is 4.55. The van der Waals surface area contributed by atoms with Crippen LogP contribution in [0.25, 0.3) is 0 Å². The van der Waals surface area contributed by atoms with Gasteiger partial charge in [0.15, 0.2) is 12.2 Å². The molecule has 3 N–H and O–H groups in total. The molecule has 0 radical (unpaired) electrons. The molecule has 5 atom stereocenters. The van der Waals surface area contributed by atoms with E-state index in [-0.39, 0.29) is 25.7 Å². The number of hydrogen-bond donors (Lipinski definition) is 3. The molecular weight excluding hydrogens is 1450 g/mol. The fourth-order valence-corrected chi connectivity index (χ4v) is 13.3. The van der Waals surface area contributed by atoms with Crippen LogP contribution in [0.3, 0.4) is 0 Å². The number of phosphoric ester groups is 2. The van der Waals surface area contributed by atoms with Crippen molar-refractivity contribution in [3.05, 3.63) is 146 Å². The van der Waals surface area contributed by atoms with Crippen molar-refractivity contribution < 1.29 is 80.2 Å². The van der Waals surface area contributed by atoms with Crippen molar-refractivity contribution in [3.63, 3.8) is 0 Å². The molecule has 0 aromatic carbocycles. The molecule has 642 valence electrons. The van der Waals surface area contributed by atoms with Crippen molar-refractivity contribution in [2.75, 3.05) is 39.6 Å². The predicted octanol–water partition coefficient (Wildman–Crippen LogP) is 26.6. The maximum absolute atomic E-state index is 13.2. The number of phosphoric acid groups is 2. The molecule has 112 heavy (non-hydrogen) atoms. The van der Waals surface area contributed by atoms with Gasteiger partial charge >= 0.3 is 39.5 Å². The van der Waals surface area contributed by atoms with Gasteiger partial charge in [-0.2, -0.15) is 0 Å². The van der Waals surface area contributed by atoms with E-state index in [9.17, 15) is 43.2 Å². The van der Waals surface area contributed by atoms with E-state index in [4.69, 9.17) is 37.0 Å². The van der Waals surface area contributed by atoms with Crippen molar-refractivity contribution in [3.8, 4) is 0 Å². The van der Waals surface area contributed by atoms with Gasteiger partial charge in [0.05, 0.1) is 26.4 Å². The Kier molecular flexibility index (Phi) is 80.1. The Morgan fingerprint density at radius 1 is 0.259 bits per heavy atom. The summed E-state index contributed by atoms with van der Waals surface area (Å²) in [5, 5.41) is 10.7. The maximum atomic E-state index is 13.2. The largest absolute Gasteiger partial charge is 0.472 e. The number of unbranched alkanes of at least 4 members (excludes halogenated alkanes) is 32. The van der Waals surface area contributed by atoms with Crippen molar-refractivity contribution >= 4 is 39.5 Å².